The van der Waals surface area contributed by atoms with Crippen LogP contribution in [0.3, 0.4) is 0 Å². The molecule has 1 saturated heterocycles. The number of carbonyl (C=O) groups is 1. The highest BCUT2D eigenvalue weighted by atomic mass is 16.6. The summed E-state index contributed by atoms with van der Waals surface area (Å²) in [4.78, 5) is 12.1. The van der Waals surface area contributed by atoms with E-state index in [9.17, 15) is 4.79 Å². The third kappa shape index (κ3) is 4.97. The van der Waals surface area contributed by atoms with Crippen LogP contribution >= 0.6 is 0 Å². The maximum absolute atomic E-state index is 12.1. The van der Waals surface area contributed by atoms with Gasteiger partial charge in [0.05, 0.1) is 12.2 Å². The van der Waals surface area contributed by atoms with Crippen LogP contribution in [0.25, 0.3) is 0 Å². The van der Waals surface area contributed by atoms with Crippen molar-refractivity contribution in [2.24, 2.45) is 0 Å². The summed E-state index contributed by atoms with van der Waals surface area (Å²) in [5.74, 6) is -0.218. The minimum absolute atomic E-state index is 0.125. The highest BCUT2D eigenvalue weighted by Gasteiger charge is 2.24. The van der Waals surface area contributed by atoms with Gasteiger partial charge in [-0.3, -0.25) is 0 Å². The van der Waals surface area contributed by atoms with E-state index in [1.807, 2.05) is 24.3 Å². The Kier molecular flexibility index (Phi) is 6.06. The van der Waals surface area contributed by atoms with Gasteiger partial charge in [-0.05, 0) is 24.5 Å². The minimum Gasteiger partial charge on any atom is -0.459 e. The number of rotatable bonds is 9. The zero-order valence-electron chi connectivity index (χ0n) is 12.3. The second kappa shape index (κ2) is 8.05. The van der Waals surface area contributed by atoms with Crippen molar-refractivity contribution in [3.8, 4) is 0 Å². The van der Waals surface area contributed by atoms with Gasteiger partial charge in [0.15, 0.2) is 0 Å². The first-order valence-electron chi connectivity index (χ1n) is 7.68. The van der Waals surface area contributed by atoms with Crippen LogP contribution in [0.2, 0.25) is 0 Å². The molecule has 1 aromatic rings. The summed E-state index contributed by atoms with van der Waals surface area (Å²) < 4.78 is 10.3. The number of hydrogen-bond donors (Lipinski definition) is 0. The predicted octanol–water partition coefficient (Wildman–Crippen LogP) is 3.76. The third-order valence-electron chi connectivity index (χ3n) is 3.59. The fourth-order valence-electron chi connectivity index (χ4n) is 2.27. The second-order valence-electron chi connectivity index (χ2n) is 5.38. The summed E-state index contributed by atoms with van der Waals surface area (Å²) in [5, 5.41) is 0. The number of benzene rings is 1. The number of esters is 1. The van der Waals surface area contributed by atoms with Crippen LogP contribution in [0.1, 0.15) is 54.9 Å². The molecule has 0 aliphatic carbocycles. The molecule has 1 aliphatic heterocycles. The Hall–Kier alpha value is -1.35. The fourth-order valence-corrected chi connectivity index (χ4v) is 2.27. The molecule has 3 heteroatoms. The van der Waals surface area contributed by atoms with Crippen molar-refractivity contribution in [3.63, 3.8) is 0 Å². The zero-order chi connectivity index (χ0) is 14.2. The summed E-state index contributed by atoms with van der Waals surface area (Å²) in [7, 11) is 0. The SMILES string of the molecule is CCCCCCCc1ccccc1C(=O)OCC1CO1. The van der Waals surface area contributed by atoms with Crippen LogP contribution in [-0.2, 0) is 15.9 Å². The van der Waals surface area contributed by atoms with Crippen molar-refractivity contribution in [1.82, 2.24) is 0 Å². The van der Waals surface area contributed by atoms with Crippen LogP contribution in [0.15, 0.2) is 24.3 Å². The molecular formula is C17H24O3. The third-order valence-corrected chi connectivity index (χ3v) is 3.59. The smallest absolute Gasteiger partial charge is 0.338 e. The van der Waals surface area contributed by atoms with E-state index in [2.05, 4.69) is 6.92 Å². The molecule has 2 rings (SSSR count). The highest BCUT2D eigenvalue weighted by molar-refractivity contribution is 5.91. The van der Waals surface area contributed by atoms with E-state index in [4.69, 9.17) is 9.47 Å². The van der Waals surface area contributed by atoms with Crippen molar-refractivity contribution in [3.05, 3.63) is 35.4 Å². The van der Waals surface area contributed by atoms with E-state index in [0.29, 0.717) is 18.8 Å². The van der Waals surface area contributed by atoms with E-state index >= 15 is 0 Å². The molecule has 0 aromatic heterocycles. The molecule has 0 radical (unpaired) electrons. The molecule has 0 spiro atoms. The minimum atomic E-state index is -0.218. The molecule has 1 atom stereocenters. The zero-order valence-corrected chi connectivity index (χ0v) is 12.3. The van der Waals surface area contributed by atoms with Crippen molar-refractivity contribution in [2.45, 2.75) is 51.6 Å². The molecule has 1 unspecified atom stereocenters. The lowest BCUT2D eigenvalue weighted by Crippen LogP contribution is -2.12. The molecule has 110 valence electrons. The van der Waals surface area contributed by atoms with Gasteiger partial charge in [0.2, 0.25) is 0 Å². The van der Waals surface area contributed by atoms with Gasteiger partial charge in [-0.1, -0.05) is 50.8 Å². The summed E-state index contributed by atoms with van der Waals surface area (Å²) in [6.45, 7) is 3.31. The molecule has 0 saturated carbocycles. The molecular weight excluding hydrogens is 252 g/mol. The van der Waals surface area contributed by atoms with Gasteiger partial charge in [-0.2, -0.15) is 0 Å². The summed E-state index contributed by atoms with van der Waals surface area (Å²) in [6, 6.07) is 7.77. The Morgan fingerprint density at radius 1 is 1.25 bits per heavy atom. The largest absolute Gasteiger partial charge is 0.459 e. The van der Waals surface area contributed by atoms with E-state index in [-0.39, 0.29) is 12.1 Å². The van der Waals surface area contributed by atoms with Gasteiger partial charge in [0.1, 0.15) is 12.7 Å². The molecule has 3 nitrogen and oxygen atoms in total. The fraction of sp³-hybridized carbons (Fsp3) is 0.588. The topological polar surface area (TPSA) is 38.8 Å². The lowest BCUT2D eigenvalue weighted by atomic mass is 10.0. The molecule has 0 N–H and O–H groups in total. The quantitative estimate of drug-likeness (QED) is 0.391. The van der Waals surface area contributed by atoms with Crippen molar-refractivity contribution in [2.75, 3.05) is 13.2 Å². The van der Waals surface area contributed by atoms with E-state index in [1.165, 1.54) is 25.7 Å². The highest BCUT2D eigenvalue weighted by Crippen LogP contribution is 2.16. The molecule has 0 bridgehead atoms. The molecule has 0 amide bonds. The number of unbranched alkanes of at least 4 members (excludes halogenated alkanes) is 4. The average Bonchev–Trinajstić information content (AvgIpc) is 3.29. The monoisotopic (exact) mass is 276 g/mol. The summed E-state index contributed by atoms with van der Waals surface area (Å²) in [6.07, 6.45) is 7.28. The van der Waals surface area contributed by atoms with Crippen LogP contribution in [0.5, 0.6) is 0 Å². The Bertz CT molecular complexity index is 424. The Labute approximate surface area is 121 Å². The lowest BCUT2D eigenvalue weighted by molar-refractivity contribution is 0.0475. The first-order chi connectivity index (χ1) is 9.81. The van der Waals surface area contributed by atoms with E-state index in [1.54, 1.807) is 0 Å². The van der Waals surface area contributed by atoms with Gasteiger partial charge in [0.25, 0.3) is 0 Å². The number of hydrogen-bond acceptors (Lipinski definition) is 3. The van der Waals surface area contributed by atoms with E-state index in [0.717, 1.165) is 18.4 Å². The lowest BCUT2D eigenvalue weighted by Gasteiger charge is -2.09. The second-order valence-corrected chi connectivity index (χ2v) is 5.38. The van der Waals surface area contributed by atoms with Crippen molar-refractivity contribution >= 4 is 5.97 Å². The van der Waals surface area contributed by atoms with Crippen molar-refractivity contribution < 1.29 is 14.3 Å². The normalized spacial score (nSPS) is 16.9. The maximum Gasteiger partial charge on any atom is 0.338 e. The van der Waals surface area contributed by atoms with Crippen LogP contribution < -0.4 is 0 Å². The standard InChI is InChI=1S/C17H24O3/c1-2-3-4-5-6-9-14-10-7-8-11-16(14)17(18)20-13-15-12-19-15/h7-8,10-11,15H,2-6,9,12-13H2,1H3. The molecule has 1 fully saturated rings. The first-order valence-corrected chi connectivity index (χ1v) is 7.68. The molecule has 1 aliphatic rings. The summed E-state index contributed by atoms with van der Waals surface area (Å²) >= 11 is 0. The summed E-state index contributed by atoms with van der Waals surface area (Å²) in [5.41, 5.74) is 1.81. The van der Waals surface area contributed by atoms with Crippen LogP contribution in [0.4, 0.5) is 0 Å². The Morgan fingerprint density at radius 3 is 2.75 bits per heavy atom. The van der Waals surface area contributed by atoms with Gasteiger partial charge >= 0.3 is 5.97 Å². The van der Waals surface area contributed by atoms with Gasteiger partial charge in [-0.25, -0.2) is 4.79 Å². The Morgan fingerprint density at radius 2 is 2.00 bits per heavy atom. The van der Waals surface area contributed by atoms with Gasteiger partial charge in [0, 0.05) is 0 Å². The molecule has 20 heavy (non-hydrogen) atoms. The number of epoxide rings is 1. The van der Waals surface area contributed by atoms with Crippen molar-refractivity contribution in [1.29, 1.82) is 0 Å². The van der Waals surface area contributed by atoms with Crippen LogP contribution in [0, 0.1) is 0 Å². The number of aryl methyl sites for hydroxylation is 1. The molecule has 1 heterocycles. The predicted molar refractivity (Wildman–Crippen MR) is 78.9 cm³/mol. The van der Waals surface area contributed by atoms with Gasteiger partial charge < -0.3 is 9.47 Å². The Balaban J connectivity index is 1.82. The maximum atomic E-state index is 12.1. The number of ether oxygens (including phenoxy) is 2. The molecule has 1 aromatic carbocycles. The average molecular weight is 276 g/mol. The number of carbonyl (C=O) groups excluding carboxylic acids is 1. The van der Waals surface area contributed by atoms with Gasteiger partial charge in [-0.15, -0.1) is 0 Å². The van der Waals surface area contributed by atoms with E-state index < -0.39 is 0 Å². The van der Waals surface area contributed by atoms with Crippen LogP contribution in [-0.4, -0.2) is 25.3 Å². The first kappa shape index (κ1) is 15.0.